The van der Waals surface area contributed by atoms with Crippen LogP contribution in [0.2, 0.25) is 5.02 Å². The molecule has 0 bridgehead atoms. The van der Waals surface area contributed by atoms with Crippen LogP contribution in [0.4, 0.5) is 11.4 Å². The molecule has 0 radical (unpaired) electrons. The number of hydrogen-bond donors (Lipinski definition) is 1. The van der Waals surface area contributed by atoms with Crippen LogP contribution in [0.5, 0.6) is 5.75 Å². The predicted octanol–water partition coefficient (Wildman–Crippen LogP) is 4.18. The third kappa shape index (κ3) is 3.83. The second-order valence-electron chi connectivity index (χ2n) is 6.23. The molecule has 0 saturated carbocycles. The van der Waals surface area contributed by atoms with Gasteiger partial charge in [0.2, 0.25) is 5.91 Å². The van der Waals surface area contributed by atoms with E-state index in [1.54, 1.807) is 23.1 Å². The Morgan fingerprint density at radius 3 is 2.77 bits per heavy atom. The summed E-state index contributed by atoms with van der Waals surface area (Å²) in [4.78, 5) is 26.6. The summed E-state index contributed by atoms with van der Waals surface area (Å²) < 4.78 is 5.75. The smallest absolute Gasteiger partial charge is 0.268 e. The Kier molecular flexibility index (Phi) is 5.47. The van der Waals surface area contributed by atoms with Crippen molar-refractivity contribution in [3.63, 3.8) is 0 Å². The van der Waals surface area contributed by atoms with Gasteiger partial charge >= 0.3 is 0 Å². The summed E-state index contributed by atoms with van der Waals surface area (Å²) in [5, 5.41) is 3.50. The maximum atomic E-state index is 12.6. The van der Waals surface area contributed by atoms with Crippen LogP contribution in [0.3, 0.4) is 0 Å². The minimum atomic E-state index is -0.508. The first kappa shape index (κ1) is 18.3. The van der Waals surface area contributed by atoms with E-state index in [0.29, 0.717) is 29.4 Å². The minimum absolute atomic E-state index is 0.110. The van der Waals surface area contributed by atoms with Gasteiger partial charge in [0.1, 0.15) is 5.75 Å². The molecule has 2 aromatic rings. The monoisotopic (exact) mass is 372 g/mol. The van der Waals surface area contributed by atoms with E-state index in [-0.39, 0.29) is 18.2 Å². The number of nitrogens with zero attached hydrogens (tertiary/aromatic N) is 1. The van der Waals surface area contributed by atoms with E-state index in [2.05, 4.69) is 5.32 Å². The van der Waals surface area contributed by atoms with Gasteiger partial charge in [0.05, 0.1) is 5.69 Å². The highest BCUT2D eigenvalue weighted by Gasteiger charge is 2.33. The van der Waals surface area contributed by atoms with E-state index < -0.39 is 6.10 Å². The third-order valence-corrected chi connectivity index (χ3v) is 4.60. The zero-order valence-electron chi connectivity index (χ0n) is 14.8. The van der Waals surface area contributed by atoms with Crippen molar-refractivity contribution in [1.29, 1.82) is 0 Å². The van der Waals surface area contributed by atoms with Gasteiger partial charge in [-0.2, -0.15) is 0 Å². The molecule has 0 aromatic heterocycles. The Morgan fingerprint density at radius 2 is 2.04 bits per heavy atom. The second-order valence-corrected chi connectivity index (χ2v) is 6.67. The zero-order chi connectivity index (χ0) is 18.7. The molecule has 3 rings (SSSR count). The topological polar surface area (TPSA) is 58.6 Å². The van der Waals surface area contributed by atoms with E-state index in [4.69, 9.17) is 16.3 Å². The van der Waals surface area contributed by atoms with Crippen molar-refractivity contribution in [2.24, 2.45) is 0 Å². The third-order valence-electron chi connectivity index (χ3n) is 4.36. The highest BCUT2D eigenvalue weighted by Crippen LogP contribution is 2.34. The molecular formula is C20H21ClN2O3. The van der Waals surface area contributed by atoms with Crippen LogP contribution in [0, 0.1) is 6.92 Å². The molecule has 2 amide bonds. The lowest BCUT2D eigenvalue weighted by atomic mass is 10.1. The maximum absolute atomic E-state index is 12.6. The van der Waals surface area contributed by atoms with E-state index >= 15 is 0 Å². The molecule has 1 aliphatic rings. The number of para-hydroxylation sites is 2. The largest absolute Gasteiger partial charge is 0.478 e. The Bertz CT molecular complexity index is 838. The highest BCUT2D eigenvalue weighted by molar-refractivity contribution is 6.30. The molecule has 1 N–H and O–H groups in total. The van der Waals surface area contributed by atoms with Crippen molar-refractivity contribution in [2.75, 3.05) is 16.8 Å². The lowest BCUT2D eigenvalue weighted by molar-refractivity contribution is -0.126. The van der Waals surface area contributed by atoms with E-state index in [1.165, 1.54) is 0 Å². The Labute approximate surface area is 157 Å². The number of anilines is 2. The Hall–Kier alpha value is -2.53. The molecule has 26 heavy (non-hydrogen) atoms. The Morgan fingerprint density at radius 1 is 1.27 bits per heavy atom. The van der Waals surface area contributed by atoms with Gasteiger partial charge in [0, 0.05) is 23.7 Å². The van der Waals surface area contributed by atoms with Crippen LogP contribution in [-0.4, -0.2) is 24.5 Å². The van der Waals surface area contributed by atoms with Gasteiger partial charge in [-0.05, 0) is 49.2 Å². The summed E-state index contributed by atoms with van der Waals surface area (Å²) in [7, 11) is 0. The SMILES string of the molecule is CCC1Oc2ccccc2N(CCC(=O)Nc2ccc(Cl)cc2C)C1=O. The number of nitrogens with one attached hydrogen (secondary N) is 1. The molecule has 0 saturated heterocycles. The summed E-state index contributed by atoms with van der Waals surface area (Å²) in [5.74, 6) is 0.412. The van der Waals surface area contributed by atoms with Crippen molar-refractivity contribution >= 4 is 34.8 Å². The maximum Gasteiger partial charge on any atom is 0.268 e. The zero-order valence-corrected chi connectivity index (χ0v) is 15.5. The lowest BCUT2D eigenvalue weighted by Crippen LogP contribution is -2.46. The fourth-order valence-corrected chi connectivity index (χ4v) is 3.18. The van der Waals surface area contributed by atoms with Crippen LogP contribution in [0.25, 0.3) is 0 Å². The number of carbonyl (C=O) groups is 2. The van der Waals surface area contributed by atoms with Gasteiger partial charge in [-0.1, -0.05) is 30.7 Å². The molecule has 1 aliphatic heterocycles. The number of carbonyl (C=O) groups excluding carboxylic acids is 2. The minimum Gasteiger partial charge on any atom is -0.478 e. The van der Waals surface area contributed by atoms with E-state index in [0.717, 1.165) is 11.3 Å². The number of fused-ring (bicyclic) bond motifs is 1. The molecule has 0 fully saturated rings. The molecule has 1 heterocycles. The molecule has 0 spiro atoms. The molecule has 1 unspecified atom stereocenters. The number of benzene rings is 2. The van der Waals surface area contributed by atoms with E-state index in [1.807, 2.05) is 38.1 Å². The molecule has 1 atom stereocenters. The summed E-state index contributed by atoms with van der Waals surface area (Å²) in [6, 6.07) is 12.7. The number of ether oxygens (including phenoxy) is 1. The van der Waals surface area contributed by atoms with Gasteiger partial charge in [-0.25, -0.2) is 0 Å². The number of halogens is 1. The summed E-state index contributed by atoms with van der Waals surface area (Å²) in [5.41, 5.74) is 2.32. The van der Waals surface area contributed by atoms with Crippen LogP contribution in [-0.2, 0) is 9.59 Å². The highest BCUT2D eigenvalue weighted by atomic mass is 35.5. The first-order chi connectivity index (χ1) is 12.5. The van der Waals surface area contributed by atoms with Gasteiger partial charge in [0.15, 0.2) is 6.10 Å². The van der Waals surface area contributed by atoms with Crippen LogP contribution >= 0.6 is 11.6 Å². The van der Waals surface area contributed by atoms with Gasteiger partial charge in [-0.3, -0.25) is 9.59 Å². The van der Waals surface area contributed by atoms with Crippen molar-refractivity contribution in [2.45, 2.75) is 32.8 Å². The first-order valence-electron chi connectivity index (χ1n) is 8.62. The van der Waals surface area contributed by atoms with Crippen LogP contribution < -0.4 is 15.0 Å². The predicted molar refractivity (Wildman–Crippen MR) is 103 cm³/mol. The van der Waals surface area contributed by atoms with E-state index in [9.17, 15) is 9.59 Å². The van der Waals surface area contributed by atoms with Crippen molar-refractivity contribution in [3.8, 4) is 5.75 Å². The van der Waals surface area contributed by atoms with Gasteiger partial charge in [-0.15, -0.1) is 0 Å². The number of rotatable bonds is 5. The number of amides is 2. The first-order valence-corrected chi connectivity index (χ1v) is 9.00. The standard InChI is InChI=1S/C20H21ClN2O3/c1-3-17-20(25)23(16-6-4-5-7-18(16)26-17)11-10-19(24)22-15-9-8-14(21)12-13(15)2/h4-9,12,17H,3,10-11H2,1-2H3,(H,22,24). The normalized spacial score (nSPS) is 16.0. The summed E-state index contributed by atoms with van der Waals surface area (Å²) >= 11 is 5.94. The molecular weight excluding hydrogens is 352 g/mol. The molecule has 2 aromatic carbocycles. The van der Waals surface area contributed by atoms with Crippen molar-refractivity contribution in [1.82, 2.24) is 0 Å². The summed E-state index contributed by atoms with van der Waals surface area (Å²) in [6.45, 7) is 4.09. The number of hydrogen-bond acceptors (Lipinski definition) is 3. The molecule has 0 aliphatic carbocycles. The van der Waals surface area contributed by atoms with Crippen molar-refractivity contribution in [3.05, 3.63) is 53.1 Å². The van der Waals surface area contributed by atoms with Crippen LogP contribution in [0.15, 0.2) is 42.5 Å². The van der Waals surface area contributed by atoms with Crippen LogP contribution in [0.1, 0.15) is 25.3 Å². The van der Waals surface area contributed by atoms with Crippen molar-refractivity contribution < 1.29 is 14.3 Å². The summed E-state index contributed by atoms with van der Waals surface area (Å²) in [6.07, 6.45) is 0.268. The molecule has 6 heteroatoms. The average molecular weight is 373 g/mol. The molecule has 136 valence electrons. The lowest BCUT2D eigenvalue weighted by Gasteiger charge is -2.34. The second kappa shape index (κ2) is 7.79. The Balaban J connectivity index is 1.70. The number of aryl methyl sites for hydroxylation is 1. The quantitative estimate of drug-likeness (QED) is 0.856. The van der Waals surface area contributed by atoms with Gasteiger partial charge < -0.3 is 15.0 Å². The average Bonchev–Trinajstić information content (AvgIpc) is 2.63. The fraction of sp³-hybridized carbons (Fsp3) is 0.300. The van der Waals surface area contributed by atoms with Gasteiger partial charge in [0.25, 0.3) is 5.91 Å². The molecule has 5 nitrogen and oxygen atoms in total. The fourth-order valence-electron chi connectivity index (χ4n) is 2.96.